The van der Waals surface area contributed by atoms with Gasteiger partial charge >= 0.3 is 18.2 Å². The van der Waals surface area contributed by atoms with E-state index in [1.54, 1.807) is 4.90 Å². The van der Waals surface area contributed by atoms with Gasteiger partial charge in [-0.1, -0.05) is 38.5 Å². The number of aryl methyl sites for hydroxylation is 1. The minimum Gasteiger partial charge on any atom is -0.480 e. The Morgan fingerprint density at radius 1 is 1.14 bits per heavy atom. The fraction of sp³-hybridized carbons (Fsp3) is 0.600. The van der Waals surface area contributed by atoms with Gasteiger partial charge in [-0.2, -0.15) is 0 Å². The molecular formula is C25H33N3O7. The zero-order valence-corrected chi connectivity index (χ0v) is 20.2. The van der Waals surface area contributed by atoms with Crippen molar-refractivity contribution >= 4 is 24.1 Å². The second-order valence-corrected chi connectivity index (χ2v) is 10.4. The van der Waals surface area contributed by atoms with E-state index in [4.69, 9.17) is 9.47 Å². The topological polar surface area (TPSA) is 125 Å². The van der Waals surface area contributed by atoms with Crippen LogP contribution in [0.15, 0.2) is 18.2 Å². The molecule has 1 aromatic carbocycles. The maximum atomic E-state index is 12.9. The maximum absolute atomic E-state index is 12.9. The lowest BCUT2D eigenvalue weighted by Crippen LogP contribution is -2.46. The highest BCUT2D eigenvalue weighted by Gasteiger charge is 2.42. The van der Waals surface area contributed by atoms with Gasteiger partial charge in [0.1, 0.15) is 18.7 Å². The van der Waals surface area contributed by atoms with Gasteiger partial charge in [-0.05, 0) is 41.4 Å². The quantitative estimate of drug-likeness (QED) is 0.624. The highest BCUT2D eigenvalue weighted by atomic mass is 16.6. The van der Waals surface area contributed by atoms with Crippen LogP contribution >= 0.6 is 0 Å². The fourth-order valence-corrected chi connectivity index (χ4v) is 5.02. The van der Waals surface area contributed by atoms with Crippen molar-refractivity contribution in [1.82, 2.24) is 15.1 Å². The third kappa shape index (κ3) is 5.86. The van der Waals surface area contributed by atoms with Crippen molar-refractivity contribution in [3.63, 3.8) is 0 Å². The Labute approximate surface area is 204 Å². The van der Waals surface area contributed by atoms with Crippen LogP contribution in [0.25, 0.3) is 0 Å². The Morgan fingerprint density at radius 2 is 1.91 bits per heavy atom. The van der Waals surface area contributed by atoms with Gasteiger partial charge in [-0.25, -0.2) is 14.4 Å². The number of alkyl carbamates (subject to hydrolysis) is 1. The van der Waals surface area contributed by atoms with E-state index in [9.17, 15) is 24.3 Å². The van der Waals surface area contributed by atoms with Crippen molar-refractivity contribution in [2.24, 2.45) is 5.41 Å². The van der Waals surface area contributed by atoms with E-state index in [1.165, 1.54) is 5.56 Å². The Hall–Kier alpha value is -3.30. The number of aliphatic carboxylic acids is 1. The summed E-state index contributed by atoms with van der Waals surface area (Å²) < 4.78 is 10.9. The standard InChI is InChI=1S/C25H33N3O7/c1-25(2)9-4-3-6-16-7-5-8-17-12-27(14-19(16)17)24(33)35-18-10-20(22(30)31)28(13-18)21(29)11-26-23(32)34-15-25/h5,7-8,18,20H,3-4,6,9-15H2,1-2H3,(H,26,32)(H,30,31)/t18-,20+/m1/s1. The normalized spacial score (nSPS) is 25.5. The molecule has 0 aromatic heterocycles. The van der Waals surface area contributed by atoms with Crippen LogP contribution in [0.1, 0.15) is 56.2 Å². The number of rotatable bonds is 1. The number of carbonyl (C=O) groups is 4. The molecule has 3 aliphatic rings. The average Bonchev–Trinajstić information content (AvgIpc) is 3.43. The molecule has 0 spiro atoms. The van der Waals surface area contributed by atoms with Gasteiger partial charge in [-0.3, -0.25) is 9.69 Å². The molecule has 1 aromatic rings. The lowest BCUT2D eigenvalue weighted by molar-refractivity contribution is -0.147. The second-order valence-electron chi connectivity index (χ2n) is 10.4. The highest BCUT2D eigenvalue weighted by Crippen LogP contribution is 2.30. The first kappa shape index (κ1) is 24.8. The number of carboxylic acid groups (broad SMARTS) is 1. The summed E-state index contributed by atoms with van der Waals surface area (Å²) in [5.41, 5.74) is 3.22. The van der Waals surface area contributed by atoms with Gasteiger partial charge in [-0.15, -0.1) is 0 Å². The van der Waals surface area contributed by atoms with Gasteiger partial charge in [0.2, 0.25) is 5.91 Å². The van der Waals surface area contributed by atoms with Crippen LogP contribution in [0.3, 0.4) is 0 Å². The van der Waals surface area contributed by atoms with E-state index in [-0.39, 0.29) is 25.0 Å². The summed E-state index contributed by atoms with van der Waals surface area (Å²) in [5, 5.41) is 12.0. The van der Waals surface area contributed by atoms with Crippen LogP contribution in [-0.2, 0) is 38.6 Å². The van der Waals surface area contributed by atoms with Crippen molar-refractivity contribution in [2.75, 3.05) is 19.7 Å². The molecule has 0 unspecified atom stereocenters. The Kier molecular flexibility index (Phi) is 7.18. The van der Waals surface area contributed by atoms with E-state index in [0.717, 1.165) is 41.7 Å². The third-order valence-electron chi connectivity index (χ3n) is 7.00. The van der Waals surface area contributed by atoms with Crippen molar-refractivity contribution in [2.45, 2.75) is 71.2 Å². The number of hydrogen-bond acceptors (Lipinski definition) is 6. The van der Waals surface area contributed by atoms with Crippen LogP contribution < -0.4 is 5.32 Å². The van der Waals surface area contributed by atoms with Crippen LogP contribution in [-0.4, -0.2) is 70.8 Å². The van der Waals surface area contributed by atoms with Gasteiger partial charge < -0.3 is 24.8 Å². The summed E-state index contributed by atoms with van der Waals surface area (Å²) in [6.07, 6.45) is 1.70. The van der Waals surface area contributed by atoms with E-state index in [0.29, 0.717) is 13.1 Å². The van der Waals surface area contributed by atoms with Crippen molar-refractivity contribution in [3.8, 4) is 0 Å². The molecule has 190 valence electrons. The first-order valence-electron chi connectivity index (χ1n) is 12.1. The largest absolute Gasteiger partial charge is 0.480 e. The van der Waals surface area contributed by atoms with Crippen molar-refractivity contribution < 1.29 is 33.8 Å². The van der Waals surface area contributed by atoms with E-state index >= 15 is 0 Å². The first-order valence-corrected chi connectivity index (χ1v) is 12.1. The number of benzene rings is 1. The van der Waals surface area contributed by atoms with Crippen LogP contribution in [0.4, 0.5) is 9.59 Å². The number of nitrogens with zero attached hydrogens (tertiary/aromatic N) is 2. The molecule has 3 heterocycles. The lowest BCUT2D eigenvalue weighted by Gasteiger charge is -2.25. The molecule has 0 radical (unpaired) electrons. The zero-order valence-electron chi connectivity index (χ0n) is 20.2. The molecule has 10 heteroatoms. The smallest absolute Gasteiger partial charge is 0.410 e. The fourth-order valence-electron chi connectivity index (χ4n) is 5.02. The summed E-state index contributed by atoms with van der Waals surface area (Å²) in [4.78, 5) is 52.3. The van der Waals surface area contributed by atoms with Crippen LogP contribution in [0, 0.1) is 5.41 Å². The van der Waals surface area contributed by atoms with Gasteiger partial charge in [0.25, 0.3) is 0 Å². The number of amides is 3. The third-order valence-corrected chi connectivity index (χ3v) is 7.00. The predicted octanol–water partition coefficient (Wildman–Crippen LogP) is 2.67. The van der Waals surface area contributed by atoms with Crippen LogP contribution in [0.2, 0.25) is 0 Å². The summed E-state index contributed by atoms with van der Waals surface area (Å²) in [6.45, 7) is 4.73. The predicted molar refractivity (Wildman–Crippen MR) is 124 cm³/mol. The minimum absolute atomic E-state index is 0.00249. The van der Waals surface area contributed by atoms with E-state index in [2.05, 4.69) is 11.4 Å². The summed E-state index contributed by atoms with van der Waals surface area (Å²) in [7, 11) is 0. The zero-order chi connectivity index (χ0) is 25.2. The average molecular weight is 488 g/mol. The summed E-state index contributed by atoms with van der Waals surface area (Å²) in [6, 6.07) is 4.99. The molecule has 10 nitrogen and oxygen atoms in total. The van der Waals surface area contributed by atoms with Gasteiger partial charge in [0, 0.05) is 19.5 Å². The lowest BCUT2D eigenvalue weighted by atomic mass is 9.87. The molecule has 1 saturated heterocycles. The second kappa shape index (κ2) is 10.1. The highest BCUT2D eigenvalue weighted by molar-refractivity contribution is 5.87. The molecule has 4 rings (SSSR count). The van der Waals surface area contributed by atoms with Gasteiger partial charge in [0.15, 0.2) is 0 Å². The molecule has 0 aliphatic carbocycles. The number of ether oxygens (including phenoxy) is 2. The monoisotopic (exact) mass is 487 g/mol. The first-order chi connectivity index (χ1) is 16.6. The number of hydrogen-bond donors (Lipinski definition) is 2. The Bertz CT molecular complexity index is 1010. The SMILES string of the molecule is CC1(C)CCCCc2cccc3c2CN(C3)C(=O)O[C@@H]2C[C@@H](C(=O)O)N(C2)C(=O)CNC(=O)OC1. The molecule has 35 heavy (non-hydrogen) atoms. The van der Waals surface area contributed by atoms with Gasteiger partial charge in [0.05, 0.1) is 13.2 Å². The number of fused-ring (bicyclic) bond motifs is 3. The molecule has 3 amide bonds. The number of cyclic esters (lactones) is 1. The van der Waals surface area contributed by atoms with E-state index < -0.39 is 42.8 Å². The molecule has 2 atom stereocenters. The van der Waals surface area contributed by atoms with E-state index in [1.807, 2.05) is 26.0 Å². The molecular weight excluding hydrogens is 454 g/mol. The molecule has 4 bridgehead atoms. The van der Waals surface area contributed by atoms with Crippen molar-refractivity contribution in [3.05, 3.63) is 34.9 Å². The van der Waals surface area contributed by atoms with Crippen LogP contribution in [0.5, 0.6) is 0 Å². The number of carboxylic acids is 1. The molecule has 3 aliphatic heterocycles. The summed E-state index contributed by atoms with van der Waals surface area (Å²) >= 11 is 0. The maximum Gasteiger partial charge on any atom is 0.410 e. The van der Waals surface area contributed by atoms with Crippen molar-refractivity contribution in [1.29, 1.82) is 0 Å². The Balaban J connectivity index is 1.52. The minimum atomic E-state index is -1.18. The summed E-state index contributed by atoms with van der Waals surface area (Å²) in [5.74, 6) is -1.75. The molecule has 2 N–H and O–H groups in total. The molecule has 0 saturated carbocycles. The number of carbonyl (C=O) groups excluding carboxylic acids is 3. The molecule has 1 fully saturated rings. The number of nitrogens with one attached hydrogen (secondary N) is 1. The Morgan fingerprint density at radius 3 is 2.69 bits per heavy atom.